The molecule has 308 valence electrons. The molecular formula is C42H51N7O9. The van der Waals surface area contributed by atoms with E-state index in [0.717, 1.165) is 11.1 Å². The lowest BCUT2D eigenvalue weighted by Crippen LogP contribution is -2.54. The number of aliphatic hydroxyl groups excluding tert-OH is 1. The highest BCUT2D eigenvalue weighted by Crippen LogP contribution is 2.26. The summed E-state index contributed by atoms with van der Waals surface area (Å²) in [5.41, 5.74) is 9.71. The van der Waals surface area contributed by atoms with Gasteiger partial charge in [-0.2, -0.15) is 0 Å². The molecule has 3 atom stereocenters. The van der Waals surface area contributed by atoms with Crippen molar-refractivity contribution in [2.24, 2.45) is 11.7 Å². The highest BCUT2D eigenvalue weighted by molar-refractivity contribution is 6.03. The average Bonchev–Trinajstić information content (AvgIpc) is 3.66. The maximum absolute atomic E-state index is 12.9. The van der Waals surface area contributed by atoms with Gasteiger partial charge in [-0.1, -0.05) is 44.2 Å². The number of ether oxygens (including phenoxy) is 4. The van der Waals surface area contributed by atoms with E-state index in [-0.39, 0.29) is 43.2 Å². The molecule has 16 nitrogen and oxygen atoms in total. The van der Waals surface area contributed by atoms with Crippen LogP contribution < -0.4 is 26.4 Å². The molecule has 0 aliphatic rings. The Kier molecular flexibility index (Phi) is 17.1. The Morgan fingerprint density at radius 3 is 2.28 bits per heavy atom. The molecule has 0 saturated carbocycles. The van der Waals surface area contributed by atoms with Gasteiger partial charge in [0.15, 0.2) is 5.58 Å². The topological polar surface area (TPSA) is 222 Å². The Labute approximate surface area is 336 Å². The molecule has 6 N–H and O–H groups in total. The van der Waals surface area contributed by atoms with Gasteiger partial charge >= 0.3 is 0 Å². The third-order valence-corrected chi connectivity index (χ3v) is 8.64. The first-order chi connectivity index (χ1) is 28.2. The van der Waals surface area contributed by atoms with Gasteiger partial charge in [0.25, 0.3) is 11.8 Å². The van der Waals surface area contributed by atoms with Gasteiger partial charge in [-0.3, -0.25) is 19.4 Å². The van der Waals surface area contributed by atoms with Crippen LogP contribution in [0.4, 0.5) is 5.69 Å². The summed E-state index contributed by atoms with van der Waals surface area (Å²) in [5.74, 6) is -0.365. The standard InChI is InChI=1S/C42H51N7O9/c1-28(2)23-36(48-41(53)38(50)33(43)24-29-7-4-3-5-8-29)39(51)45-15-16-54-17-18-55-19-20-56-21-22-57-32-11-12-34(46-27-32)40(52)47-31-10-13-37-35(25-31)49-42(58-37)30-9-6-14-44-26-30/h3-14,25-28,33,36,38,50H,15-24,43H2,1-2H3,(H,45,51)(H,47,52)(H,48,53)/t33-,36+,38+/m1/s1. The number of fused-ring (bicyclic) bond motifs is 1. The predicted octanol–water partition coefficient (Wildman–Crippen LogP) is 3.54. The molecule has 0 radical (unpaired) electrons. The lowest BCUT2D eigenvalue weighted by molar-refractivity contribution is -0.135. The molecule has 3 amide bonds. The van der Waals surface area contributed by atoms with E-state index in [2.05, 4.69) is 30.9 Å². The van der Waals surface area contributed by atoms with Crippen LogP contribution in [0.25, 0.3) is 22.6 Å². The van der Waals surface area contributed by atoms with Crippen molar-refractivity contribution in [1.29, 1.82) is 0 Å². The highest BCUT2D eigenvalue weighted by Gasteiger charge is 2.28. The fourth-order valence-corrected chi connectivity index (χ4v) is 5.70. The molecule has 0 aliphatic carbocycles. The number of carbonyl (C=O) groups is 3. The minimum absolute atomic E-state index is 0.122. The van der Waals surface area contributed by atoms with E-state index < -0.39 is 24.1 Å². The SMILES string of the molecule is CC(C)C[C@H](NC(=O)[C@@H](O)[C@H](N)Cc1ccccc1)C(=O)NCCOCCOCCOCCOc1ccc(C(=O)Nc2ccc3oc(-c4cccnc4)nc3c2)nc1. The second-order valence-corrected chi connectivity index (χ2v) is 13.7. The third kappa shape index (κ3) is 14.0. The Morgan fingerprint density at radius 2 is 1.59 bits per heavy atom. The van der Waals surface area contributed by atoms with E-state index in [1.165, 1.54) is 6.20 Å². The summed E-state index contributed by atoms with van der Waals surface area (Å²) in [6, 6.07) is 19.8. The summed E-state index contributed by atoms with van der Waals surface area (Å²) in [4.78, 5) is 51.2. The summed E-state index contributed by atoms with van der Waals surface area (Å²) >= 11 is 0. The molecule has 3 aromatic heterocycles. The van der Waals surface area contributed by atoms with Crippen LogP contribution in [0.2, 0.25) is 0 Å². The quantitative estimate of drug-likeness (QED) is 0.0565. The number of aliphatic hydroxyl groups is 1. The summed E-state index contributed by atoms with van der Waals surface area (Å²) in [5, 5.41) is 18.8. The largest absolute Gasteiger partial charge is 0.490 e. The number of nitrogens with one attached hydrogen (secondary N) is 3. The van der Waals surface area contributed by atoms with Gasteiger partial charge in [0.1, 0.15) is 35.7 Å². The van der Waals surface area contributed by atoms with Crippen molar-refractivity contribution < 1.29 is 42.9 Å². The van der Waals surface area contributed by atoms with Crippen LogP contribution in [0, 0.1) is 5.92 Å². The van der Waals surface area contributed by atoms with Gasteiger partial charge in [0.05, 0.1) is 51.4 Å². The number of amides is 3. The Morgan fingerprint density at radius 1 is 0.845 bits per heavy atom. The second-order valence-electron chi connectivity index (χ2n) is 13.7. The van der Waals surface area contributed by atoms with Crippen LogP contribution >= 0.6 is 0 Å². The van der Waals surface area contributed by atoms with E-state index in [4.69, 9.17) is 29.1 Å². The molecule has 5 rings (SSSR count). The number of hydrogen-bond acceptors (Lipinski definition) is 13. The van der Waals surface area contributed by atoms with E-state index in [0.29, 0.717) is 74.3 Å². The van der Waals surface area contributed by atoms with E-state index in [1.807, 2.05) is 50.2 Å². The molecular weight excluding hydrogens is 747 g/mol. The van der Waals surface area contributed by atoms with E-state index >= 15 is 0 Å². The maximum atomic E-state index is 12.9. The van der Waals surface area contributed by atoms with Crippen LogP contribution in [0.15, 0.2) is 95.8 Å². The summed E-state index contributed by atoms with van der Waals surface area (Å²) in [6.07, 6.45) is 4.08. The summed E-state index contributed by atoms with van der Waals surface area (Å²) < 4.78 is 28.1. The van der Waals surface area contributed by atoms with Gasteiger partial charge in [-0.25, -0.2) is 9.97 Å². The minimum atomic E-state index is -1.46. The predicted molar refractivity (Wildman–Crippen MR) is 216 cm³/mol. The Balaban J connectivity index is 0.880. The first-order valence-corrected chi connectivity index (χ1v) is 19.2. The van der Waals surface area contributed by atoms with Crippen molar-refractivity contribution in [3.63, 3.8) is 0 Å². The third-order valence-electron chi connectivity index (χ3n) is 8.64. The number of carbonyl (C=O) groups excluding carboxylic acids is 3. The monoisotopic (exact) mass is 797 g/mol. The van der Waals surface area contributed by atoms with E-state index in [9.17, 15) is 19.5 Å². The number of nitrogens with two attached hydrogens (primary N) is 1. The molecule has 0 spiro atoms. The van der Waals surface area contributed by atoms with Crippen LogP contribution in [0.3, 0.4) is 0 Å². The Bertz CT molecular complexity index is 2010. The number of oxazole rings is 1. The second kappa shape index (κ2) is 22.8. The van der Waals surface area contributed by atoms with Gasteiger partial charge in [0.2, 0.25) is 11.8 Å². The number of aromatic nitrogens is 3. The van der Waals surface area contributed by atoms with Crippen LogP contribution in [-0.4, -0.2) is 109 Å². The molecule has 3 heterocycles. The van der Waals surface area contributed by atoms with Crippen LogP contribution in [0.5, 0.6) is 5.75 Å². The molecule has 0 bridgehead atoms. The fourth-order valence-electron chi connectivity index (χ4n) is 5.70. The molecule has 58 heavy (non-hydrogen) atoms. The zero-order valence-electron chi connectivity index (χ0n) is 32.7. The van der Waals surface area contributed by atoms with Gasteiger partial charge in [0, 0.05) is 30.7 Å². The molecule has 0 saturated heterocycles. The van der Waals surface area contributed by atoms with E-state index in [1.54, 1.807) is 48.8 Å². The normalized spacial score (nSPS) is 12.8. The first kappa shape index (κ1) is 43.3. The van der Waals surface area contributed by atoms with Crippen molar-refractivity contribution >= 4 is 34.5 Å². The average molecular weight is 798 g/mol. The number of nitrogens with zero attached hydrogens (tertiary/aromatic N) is 3. The van der Waals surface area contributed by atoms with Gasteiger partial charge in [-0.15, -0.1) is 0 Å². The molecule has 0 aliphatic heterocycles. The van der Waals surface area contributed by atoms with Crippen molar-refractivity contribution in [3.05, 3.63) is 103 Å². The molecule has 5 aromatic rings. The van der Waals surface area contributed by atoms with Crippen molar-refractivity contribution in [1.82, 2.24) is 25.6 Å². The number of pyridine rings is 2. The lowest BCUT2D eigenvalue weighted by Gasteiger charge is -2.24. The molecule has 16 heteroatoms. The molecule has 2 aromatic carbocycles. The van der Waals surface area contributed by atoms with Gasteiger partial charge < -0.3 is 50.2 Å². The zero-order valence-corrected chi connectivity index (χ0v) is 32.7. The number of rotatable bonds is 24. The smallest absolute Gasteiger partial charge is 0.274 e. The van der Waals surface area contributed by atoms with Crippen molar-refractivity contribution in [2.45, 2.75) is 44.9 Å². The number of benzene rings is 2. The number of anilines is 1. The number of hydrogen-bond donors (Lipinski definition) is 5. The molecule has 0 fully saturated rings. The van der Waals surface area contributed by atoms with Crippen LogP contribution in [0.1, 0.15) is 36.3 Å². The zero-order chi connectivity index (χ0) is 41.1. The van der Waals surface area contributed by atoms with Crippen LogP contribution in [-0.2, 0) is 30.2 Å². The maximum Gasteiger partial charge on any atom is 0.274 e. The fraction of sp³-hybridized carbons (Fsp3) is 0.381. The summed E-state index contributed by atoms with van der Waals surface area (Å²) in [6.45, 7) is 6.37. The molecule has 0 unspecified atom stereocenters. The summed E-state index contributed by atoms with van der Waals surface area (Å²) in [7, 11) is 0. The minimum Gasteiger partial charge on any atom is -0.490 e. The highest BCUT2D eigenvalue weighted by atomic mass is 16.6. The van der Waals surface area contributed by atoms with Crippen molar-refractivity contribution in [3.8, 4) is 17.2 Å². The van der Waals surface area contributed by atoms with Crippen molar-refractivity contribution in [2.75, 3.05) is 58.1 Å². The lowest BCUT2D eigenvalue weighted by atomic mass is 10.00. The Hall–Kier alpha value is -5.78. The van der Waals surface area contributed by atoms with Gasteiger partial charge in [-0.05, 0) is 66.8 Å². The first-order valence-electron chi connectivity index (χ1n) is 19.2.